The summed E-state index contributed by atoms with van der Waals surface area (Å²) in [4.78, 5) is 29.0. The highest BCUT2D eigenvalue weighted by Gasteiger charge is 2.29. The minimum absolute atomic E-state index is 0.0785. The molecule has 1 aromatic heterocycles. The lowest BCUT2D eigenvalue weighted by atomic mass is 10.2. The summed E-state index contributed by atoms with van der Waals surface area (Å²) in [5.74, 6) is 0.0283. The lowest BCUT2D eigenvalue weighted by molar-refractivity contribution is -0.120. The Hall–Kier alpha value is -2.05. The van der Waals surface area contributed by atoms with Crippen molar-refractivity contribution in [3.63, 3.8) is 0 Å². The number of halogens is 1. The van der Waals surface area contributed by atoms with Crippen LogP contribution in [0.1, 0.15) is 6.42 Å². The van der Waals surface area contributed by atoms with Crippen LogP contribution in [0.2, 0.25) is 5.02 Å². The van der Waals surface area contributed by atoms with E-state index in [2.05, 4.69) is 15.6 Å². The van der Waals surface area contributed by atoms with Gasteiger partial charge in [-0.15, -0.1) is 11.8 Å². The molecule has 22 heavy (non-hydrogen) atoms. The molecule has 2 N–H and O–H groups in total. The van der Waals surface area contributed by atoms with E-state index < -0.39 is 5.25 Å². The summed E-state index contributed by atoms with van der Waals surface area (Å²) in [6.45, 7) is 0. The van der Waals surface area contributed by atoms with Crippen molar-refractivity contribution in [2.75, 3.05) is 10.6 Å². The largest absolute Gasteiger partial charge is 0.324 e. The number of anilines is 2. The summed E-state index contributed by atoms with van der Waals surface area (Å²) in [5, 5.41) is 5.55. The Labute approximate surface area is 136 Å². The van der Waals surface area contributed by atoms with Gasteiger partial charge in [-0.2, -0.15) is 0 Å². The molecule has 0 fully saturated rings. The van der Waals surface area contributed by atoms with Crippen LogP contribution in [0.5, 0.6) is 0 Å². The highest BCUT2D eigenvalue weighted by Crippen LogP contribution is 2.38. The fraction of sp³-hybridized carbons (Fsp3) is 0.133. The van der Waals surface area contributed by atoms with Crippen molar-refractivity contribution in [1.29, 1.82) is 0 Å². The van der Waals surface area contributed by atoms with Crippen LogP contribution < -0.4 is 10.6 Å². The van der Waals surface area contributed by atoms with E-state index in [4.69, 9.17) is 11.6 Å². The van der Waals surface area contributed by atoms with Crippen LogP contribution in [0.4, 0.5) is 11.5 Å². The van der Waals surface area contributed by atoms with Crippen LogP contribution >= 0.6 is 23.4 Å². The second-order valence-corrected chi connectivity index (χ2v) is 6.38. The van der Waals surface area contributed by atoms with E-state index >= 15 is 0 Å². The second kappa shape index (κ2) is 6.37. The zero-order chi connectivity index (χ0) is 15.5. The van der Waals surface area contributed by atoms with E-state index in [9.17, 15) is 9.59 Å². The zero-order valence-electron chi connectivity index (χ0n) is 11.4. The molecule has 1 aliphatic rings. The number of benzene rings is 1. The SMILES string of the molecule is O=C(C[C@H]1Sc2ccc(Cl)cc2NC1=O)Nc1ccccn1. The summed E-state index contributed by atoms with van der Waals surface area (Å²) < 4.78 is 0. The maximum atomic E-state index is 12.1. The number of hydrogen-bond acceptors (Lipinski definition) is 4. The fourth-order valence-electron chi connectivity index (χ4n) is 2.06. The molecule has 1 aromatic carbocycles. The quantitative estimate of drug-likeness (QED) is 0.905. The first-order chi connectivity index (χ1) is 10.6. The predicted molar refractivity (Wildman–Crippen MR) is 87.2 cm³/mol. The van der Waals surface area contributed by atoms with Crippen molar-refractivity contribution < 1.29 is 9.59 Å². The summed E-state index contributed by atoms with van der Waals surface area (Å²) in [6, 6.07) is 10.5. The van der Waals surface area contributed by atoms with Gasteiger partial charge in [-0.05, 0) is 30.3 Å². The summed E-state index contributed by atoms with van der Waals surface area (Å²) in [7, 11) is 0. The van der Waals surface area contributed by atoms with Crippen LogP contribution in [-0.4, -0.2) is 22.0 Å². The summed E-state index contributed by atoms with van der Waals surface area (Å²) in [5.41, 5.74) is 0.684. The molecule has 1 aliphatic heterocycles. The van der Waals surface area contributed by atoms with E-state index in [1.807, 2.05) is 6.07 Å². The summed E-state index contributed by atoms with van der Waals surface area (Å²) >= 11 is 7.26. The van der Waals surface area contributed by atoms with Gasteiger partial charge in [0.05, 0.1) is 10.9 Å². The van der Waals surface area contributed by atoms with Gasteiger partial charge in [0.1, 0.15) is 5.82 Å². The van der Waals surface area contributed by atoms with Gasteiger partial charge in [0.15, 0.2) is 0 Å². The normalized spacial score (nSPS) is 16.6. The molecule has 0 saturated carbocycles. The van der Waals surface area contributed by atoms with Gasteiger partial charge in [0, 0.05) is 22.5 Å². The molecule has 1 atom stereocenters. The standard InChI is InChI=1S/C15H12ClN3O2S/c16-9-4-5-11-10(7-9)18-15(21)12(22-11)8-14(20)19-13-3-1-2-6-17-13/h1-7,12H,8H2,(H,18,21)(H,17,19,20)/t12-/m1/s1. The number of pyridine rings is 1. The first-order valence-corrected chi connectivity index (χ1v) is 7.85. The van der Waals surface area contributed by atoms with Crippen molar-refractivity contribution in [1.82, 2.24) is 4.98 Å². The van der Waals surface area contributed by atoms with Gasteiger partial charge < -0.3 is 10.6 Å². The van der Waals surface area contributed by atoms with Gasteiger partial charge in [-0.3, -0.25) is 9.59 Å². The predicted octanol–water partition coefficient (Wildman–Crippen LogP) is 3.18. The molecule has 0 saturated heterocycles. The van der Waals surface area contributed by atoms with E-state index in [1.165, 1.54) is 11.8 Å². The number of nitrogens with one attached hydrogen (secondary N) is 2. The van der Waals surface area contributed by atoms with Gasteiger partial charge in [0.25, 0.3) is 0 Å². The smallest absolute Gasteiger partial charge is 0.238 e. The Morgan fingerprint density at radius 3 is 3.00 bits per heavy atom. The number of aromatic nitrogens is 1. The second-order valence-electron chi connectivity index (χ2n) is 4.70. The molecule has 7 heteroatoms. The molecule has 2 amide bonds. The zero-order valence-corrected chi connectivity index (χ0v) is 12.9. The van der Waals surface area contributed by atoms with Gasteiger partial charge in [-0.25, -0.2) is 4.98 Å². The molecule has 2 heterocycles. The molecule has 0 radical (unpaired) electrons. The maximum absolute atomic E-state index is 12.1. The molecule has 112 valence electrons. The molecule has 0 spiro atoms. The number of thioether (sulfide) groups is 1. The highest BCUT2D eigenvalue weighted by molar-refractivity contribution is 8.01. The molecule has 0 aliphatic carbocycles. The molecular formula is C15H12ClN3O2S. The van der Waals surface area contributed by atoms with Crippen LogP contribution in [0, 0.1) is 0 Å². The first-order valence-electron chi connectivity index (χ1n) is 6.60. The number of carbonyl (C=O) groups is 2. The van der Waals surface area contributed by atoms with E-state index in [0.717, 1.165) is 4.90 Å². The van der Waals surface area contributed by atoms with Crippen LogP contribution in [0.25, 0.3) is 0 Å². The fourth-order valence-corrected chi connectivity index (χ4v) is 3.32. The van der Waals surface area contributed by atoms with Gasteiger partial charge in [0.2, 0.25) is 11.8 Å². The molecular weight excluding hydrogens is 322 g/mol. The van der Waals surface area contributed by atoms with Crippen molar-refractivity contribution in [2.24, 2.45) is 0 Å². The van der Waals surface area contributed by atoms with Crippen molar-refractivity contribution in [2.45, 2.75) is 16.6 Å². The van der Waals surface area contributed by atoms with Crippen molar-refractivity contribution in [3.05, 3.63) is 47.6 Å². The molecule has 2 aromatic rings. The Balaban J connectivity index is 1.67. The number of nitrogens with zero attached hydrogens (tertiary/aromatic N) is 1. The Morgan fingerprint density at radius 2 is 2.23 bits per heavy atom. The molecule has 5 nitrogen and oxygen atoms in total. The van der Waals surface area contributed by atoms with Gasteiger partial charge >= 0.3 is 0 Å². The van der Waals surface area contributed by atoms with E-state index in [0.29, 0.717) is 16.5 Å². The van der Waals surface area contributed by atoms with Crippen LogP contribution in [0.15, 0.2) is 47.5 Å². The lowest BCUT2D eigenvalue weighted by Crippen LogP contribution is -2.32. The average molecular weight is 334 g/mol. The first kappa shape index (κ1) is 14.9. The van der Waals surface area contributed by atoms with Crippen LogP contribution in [-0.2, 0) is 9.59 Å². The van der Waals surface area contributed by atoms with Crippen molar-refractivity contribution in [3.8, 4) is 0 Å². The average Bonchev–Trinajstić information content (AvgIpc) is 2.49. The van der Waals surface area contributed by atoms with Gasteiger partial charge in [-0.1, -0.05) is 17.7 Å². The Kier molecular flexibility index (Phi) is 4.31. The minimum atomic E-state index is -0.475. The Bertz CT molecular complexity index is 724. The minimum Gasteiger partial charge on any atom is -0.324 e. The number of hydrogen-bond donors (Lipinski definition) is 2. The molecule has 0 unspecified atom stereocenters. The van der Waals surface area contributed by atoms with Crippen molar-refractivity contribution >= 4 is 46.7 Å². The molecule has 3 rings (SSSR count). The highest BCUT2D eigenvalue weighted by atomic mass is 35.5. The number of rotatable bonds is 3. The maximum Gasteiger partial charge on any atom is 0.238 e. The Morgan fingerprint density at radius 1 is 1.36 bits per heavy atom. The van der Waals surface area contributed by atoms with E-state index in [1.54, 1.807) is 36.5 Å². The molecule has 0 bridgehead atoms. The third-order valence-electron chi connectivity index (χ3n) is 3.06. The third-order valence-corrected chi connectivity index (χ3v) is 4.57. The van der Waals surface area contributed by atoms with Crippen LogP contribution in [0.3, 0.4) is 0 Å². The number of fused-ring (bicyclic) bond motifs is 1. The summed E-state index contributed by atoms with van der Waals surface area (Å²) in [6.07, 6.45) is 1.67. The number of amides is 2. The monoisotopic (exact) mass is 333 g/mol. The number of carbonyl (C=O) groups excluding carboxylic acids is 2. The third kappa shape index (κ3) is 3.40. The van der Waals surface area contributed by atoms with E-state index in [-0.39, 0.29) is 18.2 Å². The topological polar surface area (TPSA) is 71.1 Å². The lowest BCUT2D eigenvalue weighted by Gasteiger charge is -2.23.